The maximum Gasteiger partial charge on any atom is 0.0724 e. The summed E-state index contributed by atoms with van der Waals surface area (Å²) in [6.07, 6.45) is 6.02. The lowest BCUT2D eigenvalue weighted by molar-refractivity contribution is 0.155. The summed E-state index contributed by atoms with van der Waals surface area (Å²) in [7, 11) is 0. The fourth-order valence-electron chi connectivity index (χ4n) is 3.21. The number of nitrogens with one attached hydrogen (secondary N) is 1. The maximum absolute atomic E-state index is 9.88. The number of hydrogen-bond acceptors (Lipinski definition) is 4. The van der Waals surface area contributed by atoms with Gasteiger partial charge >= 0.3 is 0 Å². The average Bonchev–Trinajstić information content (AvgIpc) is 2.53. The van der Waals surface area contributed by atoms with Gasteiger partial charge in [-0.1, -0.05) is 6.92 Å². The van der Waals surface area contributed by atoms with Crippen molar-refractivity contribution in [3.05, 3.63) is 30.5 Å². The molecule has 21 heavy (non-hydrogen) atoms. The molecule has 0 aliphatic heterocycles. The molecule has 3 rings (SSSR count). The van der Waals surface area contributed by atoms with Gasteiger partial charge in [0.1, 0.15) is 0 Å². The molecule has 0 radical (unpaired) electrons. The Morgan fingerprint density at radius 1 is 1.33 bits per heavy atom. The molecule has 0 atom stereocenters. The average molecular weight is 285 g/mol. The molecule has 112 valence electrons. The third kappa shape index (κ3) is 2.68. The fraction of sp³-hybridized carbons (Fsp3) is 0.471. The number of fused-ring (bicyclic) bond motifs is 1. The number of anilines is 2. The minimum absolute atomic E-state index is 0.143. The summed E-state index contributed by atoms with van der Waals surface area (Å²) < 4.78 is 0. The normalized spacial score (nSPS) is 25.9. The SMILES string of the molecule is CC1CCC(CO)(Nc2ccc3ncccc3c2N)CC1. The molecule has 1 saturated carbocycles. The molecule has 0 spiro atoms. The molecule has 1 aliphatic rings. The lowest BCUT2D eigenvalue weighted by atomic mass is 9.77. The van der Waals surface area contributed by atoms with Crippen LogP contribution in [0, 0.1) is 5.92 Å². The minimum atomic E-state index is -0.240. The summed E-state index contributed by atoms with van der Waals surface area (Å²) in [5, 5.41) is 14.4. The Morgan fingerprint density at radius 3 is 2.81 bits per heavy atom. The predicted octanol–water partition coefficient (Wildman–Crippen LogP) is 3.17. The van der Waals surface area contributed by atoms with E-state index in [1.165, 1.54) is 0 Å². The lowest BCUT2D eigenvalue weighted by Gasteiger charge is -2.40. The number of nitrogens with zero attached hydrogens (tertiary/aromatic N) is 1. The van der Waals surface area contributed by atoms with E-state index in [0.717, 1.165) is 48.2 Å². The van der Waals surface area contributed by atoms with Crippen molar-refractivity contribution in [1.29, 1.82) is 0 Å². The monoisotopic (exact) mass is 285 g/mol. The van der Waals surface area contributed by atoms with Crippen LogP contribution in [0.25, 0.3) is 10.9 Å². The zero-order chi connectivity index (χ0) is 14.9. The van der Waals surface area contributed by atoms with Crippen molar-refractivity contribution in [2.24, 2.45) is 5.92 Å². The van der Waals surface area contributed by atoms with Crippen molar-refractivity contribution >= 4 is 22.3 Å². The first-order valence-corrected chi connectivity index (χ1v) is 7.66. The summed E-state index contributed by atoms with van der Waals surface area (Å²) in [6.45, 7) is 2.42. The molecule has 0 unspecified atom stereocenters. The number of aromatic nitrogens is 1. The zero-order valence-corrected chi connectivity index (χ0v) is 12.5. The third-order valence-corrected chi connectivity index (χ3v) is 4.76. The number of nitrogens with two attached hydrogens (primary N) is 1. The first-order chi connectivity index (χ1) is 10.1. The smallest absolute Gasteiger partial charge is 0.0724 e. The van der Waals surface area contributed by atoms with Crippen molar-refractivity contribution in [3.8, 4) is 0 Å². The van der Waals surface area contributed by atoms with Gasteiger partial charge in [-0.2, -0.15) is 0 Å². The Labute approximate surface area is 125 Å². The van der Waals surface area contributed by atoms with E-state index in [9.17, 15) is 5.11 Å². The molecule has 1 aromatic carbocycles. The topological polar surface area (TPSA) is 71.2 Å². The Hall–Kier alpha value is -1.81. The molecule has 2 aromatic rings. The number of benzene rings is 1. The highest BCUT2D eigenvalue weighted by molar-refractivity contribution is 5.96. The van der Waals surface area contributed by atoms with Gasteiger partial charge in [0, 0.05) is 11.6 Å². The van der Waals surface area contributed by atoms with E-state index in [-0.39, 0.29) is 12.1 Å². The van der Waals surface area contributed by atoms with Crippen molar-refractivity contribution in [3.63, 3.8) is 0 Å². The minimum Gasteiger partial charge on any atom is -0.397 e. The molecule has 0 bridgehead atoms. The van der Waals surface area contributed by atoms with Crippen LogP contribution in [0.1, 0.15) is 32.6 Å². The van der Waals surface area contributed by atoms with Gasteiger partial charge in [-0.15, -0.1) is 0 Å². The van der Waals surface area contributed by atoms with Crippen LogP contribution in [0.2, 0.25) is 0 Å². The molecule has 1 aromatic heterocycles. The van der Waals surface area contributed by atoms with E-state index >= 15 is 0 Å². The van der Waals surface area contributed by atoms with Gasteiger partial charge in [-0.05, 0) is 55.9 Å². The molecule has 1 fully saturated rings. The largest absolute Gasteiger partial charge is 0.397 e. The van der Waals surface area contributed by atoms with E-state index in [1.54, 1.807) is 6.20 Å². The van der Waals surface area contributed by atoms with Crippen LogP contribution >= 0.6 is 0 Å². The highest BCUT2D eigenvalue weighted by Crippen LogP contribution is 2.37. The summed E-state index contributed by atoms with van der Waals surface area (Å²) in [5.41, 5.74) is 8.57. The molecular weight excluding hydrogens is 262 g/mol. The van der Waals surface area contributed by atoms with Crippen LogP contribution in [0.15, 0.2) is 30.5 Å². The molecule has 0 saturated heterocycles. The second-order valence-electron chi connectivity index (χ2n) is 6.34. The van der Waals surface area contributed by atoms with Gasteiger partial charge in [0.15, 0.2) is 0 Å². The molecule has 4 N–H and O–H groups in total. The van der Waals surface area contributed by atoms with Crippen molar-refractivity contribution < 1.29 is 5.11 Å². The third-order valence-electron chi connectivity index (χ3n) is 4.76. The number of pyridine rings is 1. The van der Waals surface area contributed by atoms with Crippen molar-refractivity contribution in [1.82, 2.24) is 4.98 Å². The molecule has 4 heteroatoms. The Morgan fingerprint density at radius 2 is 2.10 bits per heavy atom. The van der Waals surface area contributed by atoms with E-state index in [4.69, 9.17) is 5.73 Å². The first-order valence-electron chi connectivity index (χ1n) is 7.66. The summed E-state index contributed by atoms with van der Waals surface area (Å²) in [6, 6.07) is 7.83. The van der Waals surface area contributed by atoms with Gasteiger partial charge in [-0.25, -0.2) is 0 Å². The second-order valence-corrected chi connectivity index (χ2v) is 6.34. The van der Waals surface area contributed by atoms with Gasteiger partial charge in [0.25, 0.3) is 0 Å². The summed E-state index contributed by atoms with van der Waals surface area (Å²) in [5.74, 6) is 0.740. The molecule has 1 heterocycles. The lowest BCUT2D eigenvalue weighted by Crippen LogP contribution is -2.45. The fourth-order valence-corrected chi connectivity index (χ4v) is 3.21. The number of aliphatic hydroxyl groups is 1. The number of aliphatic hydroxyl groups excluding tert-OH is 1. The van der Waals surface area contributed by atoms with Crippen LogP contribution < -0.4 is 11.1 Å². The Bertz CT molecular complexity index is 633. The van der Waals surface area contributed by atoms with Gasteiger partial charge in [0.2, 0.25) is 0 Å². The molecule has 1 aliphatic carbocycles. The predicted molar refractivity (Wildman–Crippen MR) is 87.2 cm³/mol. The molecular formula is C17H23N3O. The van der Waals surface area contributed by atoms with Crippen LogP contribution in [-0.2, 0) is 0 Å². The quantitative estimate of drug-likeness (QED) is 0.757. The standard InChI is InChI=1S/C17H23N3O/c1-12-6-8-17(11-21,9-7-12)20-15-5-4-14-13(16(15)18)3-2-10-19-14/h2-5,10,12,20-21H,6-9,11,18H2,1H3. The van der Waals surface area contributed by atoms with Gasteiger partial charge in [0.05, 0.1) is 29.0 Å². The van der Waals surface area contributed by atoms with E-state index in [1.807, 2.05) is 24.3 Å². The maximum atomic E-state index is 9.88. The number of nitrogen functional groups attached to an aromatic ring is 1. The molecule has 4 nitrogen and oxygen atoms in total. The van der Waals surface area contributed by atoms with Crippen molar-refractivity contribution in [2.75, 3.05) is 17.7 Å². The highest BCUT2D eigenvalue weighted by Gasteiger charge is 2.33. The van der Waals surface area contributed by atoms with E-state index < -0.39 is 0 Å². The molecule has 0 amide bonds. The first kappa shape index (κ1) is 14.1. The summed E-state index contributed by atoms with van der Waals surface area (Å²) in [4.78, 5) is 4.32. The number of rotatable bonds is 3. The van der Waals surface area contributed by atoms with Gasteiger partial charge < -0.3 is 16.2 Å². The van der Waals surface area contributed by atoms with Crippen LogP contribution in [0.4, 0.5) is 11.4 Å². The van der Waals surface area contributed by atoms with Gasteiger partial charge in [-0.3, -0.25) is 4.98 Å². The van der Waals surface area contributed by atoms with Crippen LogP contribution in [0.5, 0.6) is 0 Å². The summed E-state index contributed by atoms with van der Waals surface area (Å²) >= 11 is 0. The Balaban J connectivity index is 1.92. The van der Waals surface area contributed by atoms with E-state index in [0.29, 0.717) is 5.69 Å². The number of hydrogen-bond donors (Lipinski definition) is 3. The Kier molecular flexibility index (Phi) is 3.72. The van der Waals surface area contributed by atoms with Crippen LogP contribution in [-0.4, -0.2) is 22.2 Å². The van der Waals surface area contributed by atoms with E-state index in [2.05, 4.69) is 17.2 Å². The second kappa shape index (κ2) is 5.53. The van der Waals surface area contributed by atoms with Crippen LogP contribution in [0.3, 0.4) is 0 Å². The zero-order valence-electron chi connectivity index (χ0n) is 12.5. The highest BCUT2D eigenvalue weighted by atomic mass is 16.3. The van der Waals surface area contributed by atoms with Crippen molar-refractivity contribution in [2.45, 2.75) is 38.1 Å².